The fourth-order valence-corrected chi connectivity index (χ4v) is 2.46. The Morgan fingerprint density at radius 3 is 3.11 bits per heavy atom. The Hall–Kier alpha value is -0.940. The van der Waals surface area contributed by atoms with Gasteiger partial charge in [-0.1, -0.05) is 12.1 Å². The Labute approximate surface area is 109 Å². The van der Waals surface area contributed by atoms with Gasteiger partial charge in [0.15, 0.2) is 5.82 Å². The molecule has 2 rings (SSSR count). The van der Waals surface area contributed by atoms with Gasteiger partial charge in [0, 0.05) is 12.5 Å². The lowest BCUT2D eigenvalue weighted by Gasteiger charge is -2.25. The molecule has 1 N–H and O–H groups in total. The molecule has 0 radical (unpaired) electrons. The van der Waals surface area contributed by atoms with Gasteiger partial charge in [-0.25, -0.2) is 0 Å². The van der Waals surface area contributed by atoms with Crippen LogP contribution in [0.15, 0.2) is 4.52 Å². The Bertz CT molecular complexity index is 345. The van der Waals surface area contributed by atoms with Crippen LogP contribution in [-0.4, -0.2) is 41.2 Å². The topological polar surface area (TPSA) is 54.2 Å². The first-order valence-corrected chi connectivity index (χ1v) is 7.02. The standard InChI is InChI=1S/C13H24N4O/c1-3-5-12-15-13(18-16-12)10-17(2)11-6-4-8-14-9-7-11/h11,14H,3-10H2,1-2H3. The molecule has 1 aliphatic rings. The summed E-state index contributed by atoms with van der Waals surface area (Å²) in [7, 11) is 2.15. The van der Waals surface area contributed by atoms with Crippen LogP contribution in [0.1, 0.15) is 44.3 Å². The third-order valence-electron chi connectivity index (χ3n) is 3.54. The van der Waals surface area contributed by atoms with E-state index in [4.69, 9.17) is 4.52 Å². The number of hydrogen-bond donors (Lipinski definition) is 1. The smallest absolute Gasteiger partial charge is 0.240 e. The summed E-state index contributed by atoms with van der Waals surface area (Å²) in [5.74, 6) is 1.58. The maximum absolute atomic E-state index is 5.29. The van der Waals surface area contributed by atoms with Gasteiger partial charge in [0.25, 0.3) is 0 Å². The third kappa shape index (κ3) is 3.78. The molecule has 5 heteroatoms. The first kappa shape index (κ1) is 13.5. The largest absolute Gasteiger partial charge is 0.338 e. The number of nitrogens with one attached hydrogen (secondary N) is 1. The SMILES string of the molecule is CCCc1noc(CN(C)C2CCCNCC2)n1. The van der Waals surface area contributed by atoms with Crippen molar-refractivity contribution in [2.45, 2.75) is 51.6 Å². The summed E-state index contributed by atoms with van der Waals surface area (Å²) in [5, 5.41) is 7.44. The monoisotopic (exact) mass is 252 g/mol. The molecular formula is C13H24N4O. The van der Waals surface area contributed by atoms with Crippen LogP contribution in [0.25, 0.3) is 0 Å². The summed E-state index contributed by atoms with van der Waals surface area (Å²) < 4.78 is 5.29. The maximum atomic E-state index is 5.29. The van der Waals surface area contributed by atoms with Gasteiger partial charge >= 0.3 is 0 Å². The summed E-state index contributed by atoms with van der Waals surface area (Å²) in [4.78, 5) is 6.77. The minimum Gasteiger partial charge on any atom is -0.338 e. The van der Waals surface area contributed by atoms with E-state index in [0.29, 0.717) is 6.04 Å². The molecule has 2 heterocycles. The second kappa shape index (κ2) is 6.85. The van der Waals surface area contributed by atoms with Crippen molar-refractivity contribution < 1.29 is 4.52 Å². The van der Waals surface area contributed by atoms with Crippen molar-refractivity contribution in [1.82, 2.24) is 20.4 Å². The Balaban J connectivity index is 1.86. The van der Waals surface area contributed by atoms with Crippen molar-refractivity contribution in [2.24, 2.45) is 0 Å². The predicted molar refractivity (Wildman–Crippen MR) is 70.3 cm³/mol. The first-order chi connectivity index (χ1) is 8.79. The lowest BCUT2D eigenvalue weighted by molar-refractivity contribution is 0.190. The second-order valence-electron chi connectivity index (χ2n) is 5.10. The molecule has 1 aromatic rings. The van der Waals surface area contributed by atoms with Gasteiger partial charge in [0.1, 0.15) is 0 Å². The van der Waals surface area contributed by atoms with E-state index in [1.54, 1.807) is 0 Å². The zero-order valence-electron chi connectivity index (χ0n) is 11.5. The molecule has 1 fully saturated rings. The van der Waals surface area contributed by atoms with Gasteiger partial charge in [-0.3, -0.25) is 4.90 Å². The van der Waals surface area contributed by atoms with E-state index in [-0.39, 0.29) is 0 Å². The third-order valence-corrected chi connectivity index (χ3v) is 3.54. The van der Waals surface area contributed by atoms with E-state index in [9.17, 15) is 0 Å². The minimum absolute atomic E-state index is 0.626. The number of nitrogens with zero attached hydrogens (tertiary/aromatic N) is 3. The highest BCUT2D eigenvalue weighted by molar-refractivity contribution is 4.87. The van der Waals surface area contributed by atoms with E-state index >= 15 is 0 Å². The van der Waals surface area contributed by atoms with Crippen LogP contribution >= 0.6 is 0 Å². The molecule has 0 aromatic carbocycles. The van der Waals surface area contributed by atoms with Gasteiger partial charge in [0.2, 0.25) is 5.89 Å². The summed E-state index contributed by atoms with van der Waals surface area (Å²) in [5.41, 5.74) is 0. The lowest BCUT2D eigenvalue weighted by Crippen LogP contribution is -2.32. The normalized spacial score (nSPS) is 21.2. The maximum Gasteiger partial charge on any atom is 0.240 e. The van der Waals surface area contributed by atoms with E-state index in [1.807, 2.05) is 0 Å². The van der Waals surface area contributed by atoms with Crippen molar-refractivity contribution in [2.75, 3.05) is 20.1 Å². The first-order valence-electron chi connectivity index (χ1n) is 7.02. The molecule has 102 valence electrons. The summed E-state index contributed by atoms with van der Waals surface area (Å²) >= 11 is 0. The number of aromatic nitrogens is 2. The zero-order chi connectivity index (χ0) is 12.8. The van der Waals surface area contributed by atoms with Crippen LogP contribution in [0.2, 0.25) is 0 Å². The minimum atomic E-state index is 0.626. The molecule has 1 atom stereocenters. The summed E-state index contributed by atoms with van der Waals surface area (Å²) in [6, 6.07) is 0.626. The molecule has 1 aliphatic heterocycles. The van der Waals surface area contributed by atoms with E-state index in [2.05, 4.69) is 34.3 Å². The fourth-order valence-electron chi connectivity index (χ4n) is 2.46. The van der Waals surface area contributed by atoms with E-state index in [1.165, 1.54) is 19.3 Å². The van der Waals surface area contributed by atoms with Crippen LogP contribution in [0.5, 0.6) is 0 Å². The fraction of sp³-hybridized carbons (Fsp3) is 0.846. The molecule has 5 nitrogen and oxygen atoms in total. The van der Waals surface area contributed by atoms with Gasteiger partial charge < -0.3 is 9.84 Å². The number of aryl methyl sites for hydroxylation is 1. The summed E-state index contributed by atoms with van der Waals surface area (Å²) in [6.07, 6.45) is 5.66. The van der Waals surface area contributed by atoms with Crippen LogP contribution < -0.4 is 5.32 Å². The highest BCUT2D eigenvalue weighted by Gasteiger charge is 2.18. The van der Waals surface area contributed by atoms with Crippen molar-refractivity contribution >= 4 is 0 Å². The zero-order valence-corrected chi connectivity index (χ0v) is 11.5. The van der Waals surface area contributed by atoms with Crippen molar-refractivity contribution in [3.8, 4) is 0 Å². The summed E-state index contributed by atoms with van der Waals surface area (Å²) in [6.45, 7) is 5.15. The molecule has 0 aliphatic carbocycles. The van der Waals surface area contributed by atoms with Gasteiger partial charge in [0.05, 0.1) is 6.54 Å². The molecule has 1 unspecified atom stereocenters. The molecule has 0 amide bonds. The van der Waals surface area contributed by atoms with Gasteiger partial charge in [-0.05, 0) is 45.8 Å². The van der Waals surface area contributed by atoms with Crippen molar-refractivity contribution in [1.29, 1.82) is 0 Å². The number of rotatable bonds is 5. The quantitative estimate of drug-likeness (QED) is 0.862. The molecule has 1 aromatic heterocycles. The molecule has 0 saturated carbocycles. The second-order valence-corrected chi connectivity index (χ2v) is 5.10. The van der Waals surface area contributed by atoms with Crippen LogP contribution in [0.4, 0.5) is 0 Å². The van der Waals surface area contributed by atoms with Crippen LogP contribution in [0.3, 0.4) is 0 Å². The van der Waals surface area contributed by atoms with Crippen molar-refractivity contribution in [3.05, 3.63) is 11.7 Å². The molecule has 1 saturated heterocycles. The Kier molecular flexibility index (Phi) is 5.13. The highest BCUT2D eigenvalue weighted by atomic mass is 16.5. The Morgan fingerprint density at radius 2 is 2.28 bits per heavy atom. The Morgan fingerprint density at radius 1 is 1.39 bits per heavy atom. The van der Waals surface area contributed by atoms with Crippen molar-refractivity contribution in [3.63, 3.8) is 0 Å². The van der Waals surface area contributed by atoms with Gasteiger partial charge in [-0.2, -0.15) is 4.98 Å². The number of hydrogen-bond acceptors (Lipinski definition) is 5. The predicted octanol–water partition coefficient (Wildman–Crippen LogP) is 1.60. The highest BCUT2D eigenvalue weighted by Crippen LogP contribution is 2.14. The molecule has 18 heavy (non-hydrogen) atoms. The molecule has 0 spiro atoms. The van der Waals surface area contributed by atoms with E-state index in [0.717, 1.165) is 44.2 Å². The van der Waals surface area contributed by atoms with Crippen LogP contribution in [0, 0.1) is 0 Å². The molecule has 0 bridgehead atoms. The van der Waals surface area contributed by atoms with Crippen LogP contribution in [-0.2, 0) is 13.0 Å². The van der Waals surface area contributed by atoms with E-state index < -0.39 is 0 Å². The average molecular weight is 252 g/mol. The average Bonchev–Trinajstić information content (AvgIpc) is 2.65. The molecular weight excluding hydrogens is 228 g/mol. The van der Waals surface area contributed by atoms with Gasteiger partial charge in [-0.15, -0.1) is 0 Å². The lowest BCUT2D eigenvalue weighted by atomic mass is 10.1.